The quantitative estimate of drug-likeness (QED) is 0.826. The van der Waals surface area contributed by atoms with Crippen molar-refractivity contribution in [3.8, 4) is 0 Å². The molecule has 0 unspecified atom stereocenters. The molecule has 0 radical (unpaired) electrons. The highest BCUT2D eigenvalue weighted by Crippen LogP contribution is 2.17. The van der Waals surface area contributed by atoms with Crippen molar-refractivity contribution in [2.75, 3.05) is 5.32 Å². The van der Waals surface area contributed by atoms with Crippen molar-refractivity contribution in [1.82, 2.24) is 9.97 Å². The van der Waals surface area contributed by atoms with Gasteiger partial charge < -0.3 is 10.3 Å². The number of nitrogens with zero attached hydrogens (tertiary/aromatic N) is 1. The minimum absolute atomic E-state index is 0.793. The highest BCUT2D eigenvalue weighted by atomic mass is 15.0. The molecule has 1 aromatic carbocycles. The number of H-pyrrole nitrogens is 1. The van der Waals surface area contributed by atoms with E-state index in [0.29, 0.717) is 0 Å². The van der Waals surface area contributed by atoms with Crippen LogP contribution in [0.4, 0.5) is 5.69 Å². The number of aromatic nitrogens is 2. The van der Waals surface area contributed by atoms with Crippen LogP contribution in [0.5, 0.6) is 0 Å². The first-order valence-electron chi connectivity index (χ1n) is 6.12. The molecule has 0 aliphatic rings. The zero-order chi connectivity index (χ0) is 12.1. The molecule has 0 saturated carbocycles. The number of nitrogens with one attached hydrogen (secondary N) is 2. The minimum atomic E-state index is 0.793. The third kappa shape index (κ3) is 3.09. The molecule has 0 aliphatic heterocycles. The van der Waals surface area contributed by atoms with Gasteiger partial charge in [0.25, 0.3) is 0 Å². The summed E-state index contributed by atoms with van der Waals surface area (Å²) in [4.78, 5) is 7.42. The Balaban J connectivity index is 2.03. The van der Waals surface area contributed by atoms with Gasteiger partial charge in [-0.1, -0.05) is 31.5 Å². The highest BCUT2D eigenvalue weighted by molar-refractivity contribution is 5.51. The number of para-hydroxylation sites is 1. The van der Waals surface area contributed by atoms with Gasteiger partial charge in [-0.15, -0.1) is 0 Å². The molecule has 0 fully saturated rings. The lowest BCUT2D eigenvalue weighted by Gasteiger charge is -2.10. The van der Waals surface area contributed by atoms with Gasteiger partial charge in [-0.05, 0) is 25.0 Å². The van der Waals surface area contributed by atoms with E-state index in [1.54, 1.807) is 0 Å². The molecule has 17 heavy (non-hydrogen) atoms. The molecule has 0 atom stereocenters. The number of aromatic amines is 1. The van der Waals surface area contributed by atoms with Crippen molar-refractivity contribution in [2.45, 2.75) is 33.2 Å². The second-order valence-electron chi connectivity index (χ2n) is 4.25. The molecule has 1 aromatic heterocycles. The molecule has 0 spiro atoms. The van der Waals surface area contributed by atoms with Gasteiger partial charge in [-0.3, -0.25) is 0 Å². The van der Waals surface area contributed by atoms with Crippen LogP contribution in [0.2, 0.25) is 0 Å². The van der Waals surface area contributed by atoms with E-state index in [9.17, 15) is 0 Å². The topological polar surface area (TPSA) is 40.7 Å². The van der Waals surface area contributed by atoms with Crippen LogP contribution in [0.3, 0.4) is 0 Å². The fraction of sp³-hybridized carbons (Fsp3) is 0.357. The predicted octanol–water partition coefficient (Wildman–Crippen LogP) is 3.28. The standard InChI is InChI=1S/C14H19N3/c1-3-6-12-7-4-5-8-14(12)16-10-13-9-15-11(2)17-13/h4-5,7-9,16H,3,6,10H2,1-2H3,(H,15,17). The Morgan fingerprint density at radius 1 is 1.29 bits per heavy atom. The maximum atomic E-state index is 4.19. The highest BCUT2D eigenvalue weighted by Gasteiger charge is 2.01. The molecule has 0 saturated heterocycles. The van der Waals surface area contributed by atoms with E-state index in [0.717, 1.165) is 24.5 Å². The molecule has 90 valence electrons. The normalized spacial score (nSPS) is 10.5. The van der Waals surface area contributed by atoms with Gasteiger partial charge in [0.2, 0.25) is 0 Å². The van der Waals surface area contributed by atoms with Gasteiger partial charge >= 0.3 is 0 Å². The third-order valence-electron chi connectivity index (χ3n) is 2.76. The Kier molecular flexibility index (Phi) is 3.81. The Hall–Kier alpha value is -1.77. The SMILES string of the molecule is CCCc1ccccc1NCc1cnc(C)[nH]1. The zero-order valence-electron chi connectivity index (χ0n) is 10.5. The van der Waals surface area contributed by atoms with Crippen LogP contribution in [0.1, 0.15) is 30.4 Å². The van der Waals surface area contributed by atoms with Crippen molar-refractivity contribution in [2.24, 2.45) is 0 Å². The number of anilines is 1. The summed E-state index contributed by atoms with van der Waals surface area (Å²) in [5.74, 6) is 0.962. The summed E-state index contributed by atoms with van der Waals surface area (Å²) in [7, 11) is 0. The summed E-state index contributed by atoms with van der Waals surface area (Å²) >= 11 is 0. The Bertz CT molecular complexity index is 474. The average Bonchev–Trinajstić information content (AvgIpc) is 2.74. The molecule has 2 N–H and O–H groups in total. The Labute approximate surface area is 102 Å². The molecule has 0 aliphatic carbocycles. The van der Waals surface area contributed by atoms with E-state index in [-0.39, 0.29) is 0 Å². The van der Waals surface area contributed by atoms with Crippen LogP contribution >= 0.6 is 0 Å². The van der Waals surface area contributed by atoms with Crippen LogP contribution in [0, 0.1) is 6.92 Å². The van der Waals surface area contributed by atoms with Crippen LogP contribution in [0.15, 0.2) is 30.5 Å². The van der Waals surface area contributed by atoms with E-state index in [1.165, 1.54) is 17.7 Å². The lowest BCUT2D eigenvalue weighted by atomic mass is 10.1. The Morgan fingerprint density at radius 2 is 2.12 bits per heavy atom. The number of benzene rings is 1. The van der Waals surface area contributed by atoms with Crippen molar-refractivity contribution < 1.29 is 0 Å². The first-order chi connectivity index (χ1) is 8.29. The first kappa shape index (κ1) is 11.7. The van der Waals surface area contributed by atoms with Crippen LogP contribution < -0.4 is 5.32 Å². The molecule has 2 rings (SSSR count). The van der Waals surface area contributed by atoms with E-state index < -0.39 is 0 Å². The molecule has 1 heterocycles. The summed E-state index contributed by atoms with van der Waals surface area (Å²) in [6.07, 6.45) is 4.16. The number of hydrogen-bond donors (Lipinski definition) is 2. The number of rotatable bonds is 5. The van der Waals surface area contributed by atoms with Gasteiger partial charge in [0.15, 0.2) is 0 Å². The van der Waals surface area contributed by atoms with E-state index in [1.807, 2.05) is 13.1 Å². The monoisotopic (exact) mass is 229 g/mol. The second-order valence-corrected chi connectivity index (χ2v) is 4.25. The van der Waals surface area contributed by atoms with E-state index >= 15 is 0 Å². The molecular formula is C14H19N3. The van der Waals surface area contributed by atoms with Gasteiger partial charge in [-0.2, -0.15) is 0 Å². The molecule has 3 nitrogen and oxygen atoms in total. The van der Waals surface area contributed by atoms with Gasteiger partial charge in [-0.25, -0.2) is 4.98 Å². The summed E-state index contributed by atoms with van der Waals surface area (Å²) in [5.41, 5.74) is 3.72. The minimum Gasteiger partial charge on any atom is -0.379 e. The average molecular weight is 229 g/mol. The van der Waals surface area contributed by atoms with Crippen LogP contribution in [-0.2, 0) is 13.0 Å². The summed E-state index contributed by atoms with van der Waals surface area (Å²) in [6, 6.07) is 8.48. The molecule has 0 amide bonds. The lowest BCUT2D eigenvalue weighted by molar-refractivity contribution is 0.918. The van der Waals surface area contributed by atoms with Gasteiger partial charge in [0, 0.05) is 5.69 Å². The van der Waals surface area contributed by atoms with Crippen LogP contribution in [-0.4, -0.2) is 9.97 Å². The molecule has 2 aromatic rings. The summed E-state index contributed by atoms with van der Waals surface area (Å²) in [5, 5.41) is 3.46. The van der Waals surface area contributed by atoms with Crippen molar-refractivity contribution in [1.29, 1.82) is 0 Å². The molecule has 3 heteroatoms. The van der Waals surface area contributed by atoms with Crippen molar-refractivity contribution in [3.63, 3.8) is 0 Å². The number of aryl methyl sites for hydroxylation is 2. The largest absolute Gasteiger partial charge is 0.379 e. The van der Waals surface area contributed by atoms with Crippen molar-refractivity contribution in [3.05, 3.63) is 47.5 Å². The Morgan fingerprint density at radius 3 is 2.82 bits per heavy atom. The van der Waals surface area contributed by atoms with Gasteiger partial charge in [0.05, 0.1) is 18.4 Å². The van der Waals surface area contributed by atoms with Gasteiger partial charge in [0.1, 0.15) is 5.82 Å². The maximum Gasteiger partial charge on any atom is 0.103 e. The smallest absolute Gasteiger partial charge is 0.103 e. The van der Waals surface area contributed by atoms with E-state index in [4.69, 9.17) is 0 Å². The summed E-state index contributed by atoms with van der Waals surface area (Å²) in [6.45, 7) is 4.96. The third-order valence-corrected chi connectivity index (χ3v) is 2.76. The zero-order valence-corrected chi connectivity index (χ0v) is 10.5. The lowest BCUT2D eigenvalue weighted by Crippen LogP contribution is -2.02. The number of imidazole rings is 1. The molecular weight excluding hydrogens is 210 g/mol. The predicted molar refractivity (Wildman–Crippen MR) is 71.1 cm³/mol. The van der Waals surface area contributed by atoms with E-state index in [2.05, 4.69) is 46.5 Å². The summed E-state index contributed by atoms with van der Waals surface area (Å²) < 4.78 is 0. The number of hydrogen-bond acceptors (Lipinski definition) is 2. The fourth-order valence-corrected chi connectivity index (χ4v) is 1.93. The van der Waals surface area contributed by atoms with Crippen LogP contribution in [0.25, 0.3) is 0 Å². The molecule has 0 bridgehead atoms. The fourth-order valence-electron chi connectivity index (χ4n) is 1.93. The maximum absolute atomic E-state index is 4.19. The second kappa shape index (κ2) is 5.53. The van der Waals surface area contributed by atoms with Crippen molar-refractivity contribution >= 4 is 5.69 Å². The first-order valence-corrected chi connectivity index (χ1v) is 6.12.